The summed E-state index contributed by atoms with van der Waals surface area (Å²) in [5.74, 6) is 1.41. The minimum Gasteiger partial charge on any atom is -0.444 e. The maximum atomic E-state index is 12.2. The van der Waals surface area contributed by atoms with Crippen LogP contribution in [0.3, 0.4) is 0 Å². The predicted octanol–water partition coefficient (Wildman–Crippen LogP) is 4.61. The lowest BCUT2D eigenvalue weighted by molar-refractivity contribution is 0.0287. The molecule has 3 rings (SSSR count). The van der Waals surface area contributed by atoms with Gasteiger partial charge in [-0.15, -0.1) is 11.8 Å². The van der Waals surface area contributed by atoms with E-state index in [9.17, 15) is 4.79 Å². The molecule has 2 heterocycles. The minimum absolute atomic E-state index is 0.256. The number of amides is 1. The number of benzene rings is 1. The second-order valence-corrected chi connectivity index (χ2v) is 8.21. The van der Waals surface area contributed by atoms with Gasteiger partial charge in [0, 0.05) is 41.0 Å². The number of aromatic nitrogens is 1. The molecule has 1 amide bonds. The highest BCUT2D eigenvalue weighted by molar-refractivity contribution is 7.99. The summed E-state index contributed by atoms with van der Waals surface area (Å²) in [6, 6.07) is 8.41. The Kier molecular flexibility index (Phi) is 4.32. The van der Waals surface area contributed by atoms with Crippen molar-refractivity contribution in [2.24, 2.45) is 0 Å². The molecule has 124 valence electrons. The van der Waals surface area contributed by atoms with Gasteiger partial charge in [0.25, 0.3) is 0 Å². The molecule has 1 atom stereocenters. The zero-order valence-corrected chi connectivity index (χ0v) is 15.0. The number of para-hydroxylation sites is 1. The molecule has 1 unspecified atom stereocenters. The molecule has 1 aromatic heterocycles. The number of carbonyl (C=O) groups is 1. The Morgan fingerprint density at radius 1 is 1.39 bits per heavy atom. The zero-order chi connectivity index (χ0) is 16.6. The molecule has 0 spiro atoms. The molecular formula is C18H24N2O2S. The van der Waals surface area contributed by atoms with Gasteiger partial charge in [0.15, 0.2) is 0 Å². The first-order valence-corrected chi connectivity index (χ1v) is 9.01. The van der Waals surface area contributed by atoms with Crippen LogP contribution in [0.2, 0.25) is 0 Å². The van der Waals surface area contributed by atoms with Gasteiger partial charge in [-0.05, 0) is 39.0 Å². The summed E-state index contributed by atoms with van der Waals surface area (Å²) in [5.41, 5.74) is 1.98. The molecule has 1 aromatic carbocycles. The van der Waals surface area contributed by atoms with Crippen LogP contribution in [0.1, 0.15) is 38.8 Å². The summed E-state index contributed by atoms with van der Waals surface area (Å²) >= 11 is 1.91. The summed E-state index contributed by atoms with van der Waals surface area (Å²) in [6.45, 7) is 6.36. The molecule has 0 radical (unpaired) electrons. The van der Waals surface area contributed by atoms with E-state index >= 15 is 0 Å². The van der Waals surface area contributed by atoms with Gasteiger partial charge in [-0.2, -0.15) is 0 Å². The van der Waals surface area contributed by atoms with E-state index in [1.165, 1.54) is 21.5 Å². The fourth-order valence-electron chi connectivity index (χ4n) is 2.96. The number of hydrogen-bond donors (Lipinski definition) is 1. The van der Waals surface area contributed by atoms with E-state index in [0.717, 1.165) is 12.2 Å². The fourth-order valence-corrected chi connectivity index (χ4v) is 4.27. The zero-order valence-electron chi connectivity index (χ0n) is 14.2. The van der Waals surface area contributed by atoms with Crippen LogP contribution >= 0.6 is 11.8 Å². The van der Waals surface area contributed by atoms with Gasteiger partial charge in [-0.1, -0.05) is 18.2 Å². The minimum atomic E-state index is -0.458. The van der Waals surface area contributed by atoms with Gasteiger partial charge in [0.05, 0.1) is 0 Å². The van der Waals surface area contributed by atoms with Crippen LogP contribution in [0.5, 0.6) is 0 Å². The molecule has 2 aromatic rings. The van der Waals surface area contributed by atoms with Gasteiger partial charge >= 0.3 is 6.09 Å². The molecular weight excluding hydrogens is 308 g/mol. The van der Waals surface area contributed by atoms with Gasteiger partial charge < -0.3 is 14.6 Å². The van der Waals surface area contributed by atoms with Gasteiger partial charge in [-0.25, -0.2) is 4.79 Å². The number of nitrogens with one attached hydrogen (secondary N) is 1. The molecule has 0 fully saturated rings. The van der Waals surface area contributed by atoms with Gasteiger partial charge in [0.1, 0.15) is 5.60 Å². The Hall–Kier alpha value is -1.62. The quantitative estimate of drug-likeness (QED) is 0.873. The van der Waals surface area contributed by atoms with E-state index in [4.69, 9.17) is 4.74 Å². The molecule has 0 saturated carbocycles. The summed E-state index contributed by atoms with van der Waals surface area (Å²) in [4.78, 5) is 18.8. The van der Waals surface area contributed by atoms with E-state index < -0.39 is 5.60 Å². The Bertz CT molecular complexity index is 717. The molecule has 23 heavy (non-hydrogen) atoms. The third kappa shape index (κ3) is 3.50. The van der Waals surface area contributed by atoms with Gasteiger partial charge in [-0.3, -0.25) is 0 Å². The second-order valence-electron chi connectivity index (χ2n) is 7.11. The number of rotatable bonds is 2. The SMILES string of the molecule is CN(CC1CCSc2c1[nH]c1ccccc21)C(=O)OC(C)(C)C. The van der Waals surface area contributed by atoms with Crippen LogP contribution in [0.25, 0.3) is 10.9 Å². The van der Waals surface area contributed by atoms with Crippen molar-refractivity contribution in [3.8, 4) is 0 Å². The van der Waals surface area contributed by atoms with Crippen molar-refractivity contribution in [3.63, 3.8) is 0 Å². The molecule has 1 aliphatic heterocycles. The van der Waals surface area contributed by atoms with Crippen molar-refractivity contribution >= 4 is 28.8 Å². The highest BCUT2D eigenvalue weighted by atomic mass is 32.2. The first kappa shape index (κ1) is 16.2. The normalized spacial score (nSPS) is 17.8. The summed E-state index contributed by atoms with van der Waals surface area (Å²) in [5, 5.41) is 1.29. The van der Waals surface area contributed by atoms with E-state index in [2.05, 4.69) is 29.2 Å². The van der Waals surface area contributed by atoms with Crippen molar-refractivity contribution in [1.82, 2.24) is 9.88 Å². The van der Waals surface area contributed by atoms with Gasteiger partial charge in [0.2, 0.25) is 0 Å². The summed E-state index contributed by atoms with van der Waals surface area (Å²) < 4.78 is 5.46. The largest absolute Gasteiger partial charge is 0.444 e. The molecule has 1 aliphatic rings. The third-order valence-electron chi connectivity index (χ3n) is 4.01. The van der Waals surface area contributed by atoms with Crippen molar-refractivity contribution < 1.29 is 9.53 Å². The van der Waals surface area contributed by atoms with E-state index in [0.29, 0.717) is 12.5 Å². The van der Waals surface area contributed by atoms with Crippen LogP contribution in [-0.2, 0) is 4.74 Å². The lowest BCUT2D eigenvalue weighted by Crippen LogP contribution is -2.37. The van der Waals surface area contributed by atoms with Crippen LogP contribution in [0.4, 0.5) is 4.79 Å². The maximum Gasteiger partial charge on any atom is 0.410 e. The highest BCUT2D eigenvalue weighted by Crippen LogP contribution is 2.42. The number of aromatic amines is 1. The average Bonchev–Trinajstić information content (AvgIpc) is 2.85. The Balaban J connectivity index is 1.79. The monoisotopic (exact) mass is 332 g/mol. The average molecular weight is 332 g/mol. The van der Waals surface area contributed by atoms with Crippen molar-refractivity contribution in [2.75, 3.05) is 19.3 Å². The first-order valence-electron chi connectivity index (χ1n) is 8.02. The highest BCUT2D eigenvalue weighted by Gasteiger charge is 2.28. The first-order chi connectivity index (χ1) is 10.8. The standard InChI is InChI=1S/C18H24N2O2S/c1-18(2,3)22-17(21)20(4)11-12-9-10-23-16-13-7-5-6-8-14(13)19-15(12)16/h5-8,12,19H,9-11H2,1-4H3. The predicted molar refractivity (Wildman–Crippen MR) is 95.2 cm³/mol. The molecule has 1 N–H and O–H groups in total. The molecule has 0 bridgehead atoms. The van der Waals surface area contributed by atoms with Crippen molar-refractivity contribution in [3.05, 3.63) is 30.0 Å². The Labute approximate surface area is 141 Å². The maximum absolute atomic E-state index is 12.2. The molecule has 5 heteroatoms. The van der Waals surface area contributed by atoms with Crippen molar-refractivity contribution in [2.45, 2.75) is 43.6 Å². The number of carbonyl (C=O) groups excluding carboxylic acids is 1. The number of likely N-dealkylation sites (N-methyl/N-ethyl adjacent to an activating group) is 1. The smallest absolute Gasteiger partial charge is 0.410 e. The number of fused-ring (bicyclic) bond motifs is 3. The number of hydrogen-bond acceptors (Lipinski definition) is 3. The second kappa shape index (κ2) is 6.11. The molecule has 0 saturated heterocycles. The van der Waals surface area contributed by atoms with E-state index in [1.807, 2.05) is 39.6 Å². The van der Waals surface area contributed by atoms with Crippen LogP contribution in [0.15, 0.2) is 29.2 Å². The topological polar surface area (TPSA) is 45.3 Å². The van der Waals surface area contributed by atoms with Crippen LogP contribution in [-0.4, -0.2) is 40.9 Å². The number of H-pyrrole nitrogens is 1. The van der Waals surface area contributed by atoms with E-state index in [1.54, 1.807) is 4.90 Å². The van der Waals surface area contributed by atoms with Crippen LogP contribution < -0.4 is 0 Å². The summed E-state index contributed by atoms with van der Waals surface area (Å²) in [6.07, 6.45) is 0.811. The lowest BCUT2D eigenvalue weighted by Gasteiger charge is -2.29. The van der Waals surface area contributed by atoms with E-state index in [-0.39, 0.29) is 6.09 Å². The number of nitrogens with zero attached hydrogens (tertiary/aromatic N) is 1. The number of ether oxygens (including phenoxy) is 1. The lowest BCUT2D eigenvalue weighted by atomic mass is 10.0. The molecule has 4 nitrogen and oxygen atoms in total. The number of thioether (sulfide) groups is 1. The fraction of sp³-hybridized carbons (Fsp3) is 0.500. The molecule has 0 aliphatic carbocycles. The van der Waals surface area contributed by atoms with Crippen molar-refractivity contribution in [1.29, 1.82) is 0 Å². The van der Waals surface area contributed by atoms with Crippen LogP contribution in [0, 0.1) is 0 Å². The Morgan fingerprint density at radius 3 is 2.87 bits per heavy atom. The third-order valence-corrected chi connectivity index (χ3v) is 5.17. The summed E-state index contributed by atoms with van der Waals surface area (Å²) in [7, 11) is 1.82. The Morgan fingerprint density at radius 2 is 2.13 bits per heavy atom.